The number of sulfonamides is 1. The van der Waals surface area contributed by atoms with Crippen molar-refractivity contribution in [2.75, 3.05) is 26.0 Å². The molecule has 0 aliphatic carbocycles. The van der Waals surface area contributed by atoms with Crippen LogP contribution in [0.15, 0.2) is 0 Å². The number of nitrogens with one attached hydrogen (secondary N) is 2. The van der Waals surface area contributed by atoms with Crippen molar-refractivity contribution in [3.63, 3.8) is 0 Å². The van der Waals surface area contributed by atoms with Crippen molar-refractivity contribution in [3.05, 3.63) is 0 Å². The van der Waals surface area contributed by atoms with Gasteiger partial charge in [-0.1, -0.05) is 0 Å². The first-order valence-electron chi connectivity index (χ1n) is 3.83. The van der Waals surface area contributed by atoms with Crippen molar-refractivity contribution in [1.29, 1.82) is 0 Å². The van der Waals surface area contributed by atoms with E-state index < -0.39 is 16.1 Å². The van der Waals surface area contributed by atoms with E-state index in [9.17, 15) is 13.2 Å². The lowest BCUT2D eigenvalue weighted by Crippen LogP contribution is -2.33. The van der Waals surface area contributed by atoms with Gasteiger partial charge in [0, 0.05) is 6.54 Å². The number of rotatable bonds is 5. The van der Waals surface area contributed by atoms with E-state index in [1.807, 2.05) is 0 Å². The van der Waals surface area contributed by atoms with Crippen molar-refractivity contribution in [2.45, 2.75) is 6.92 Å². The Bertz CT molecular complexity index is 249. The first-order valence-corrected chi connectivity index (χ1v) is 5.49. The lowest BCUT2D eigenvalue weighted by molar-refractivity contribution is 0.153. The van der Waals surface area contributed by atoms with E-state index in [1.165, 1.54) is 7.05 Å². The second-order valence-corrected chi connectivity index (χ2v) is 4.22. The summed E-state index contributed by atoms with van der Waals surface area (Å²) in [6.45, 7) is 1.98. The molecule has 0 aromatic rings. The van der Waals surface area contributed by atoms with Gasteiger partial charge in [0.2, 0.25) is 10.0 Å². The summed E-state index contributed by atoms with van der Waals surface area (Å²) in [7, 11) is -1.93. The van der Waals surface area contributed by atoms with Gasteiger partial charge >= 0.3 is 6.09 Å². The van der Waals surface area contributed by atoms with Crippen LogP contribution in [0.3, 0.4) is 0 Å². The van der Waals surface area contributed by atoms with Gasteiger partial charge in [-0.2, -0.15) is 0 Å². The first kappa shape index (κ1) is 12.2. The van der Waals surface area contributed by atoms with E-state index in [0.29, 0.717) is 0 Å². The standard InChI is InChI=1S/C6H14N2O4S/c1-3-12-6(9)8-4-5-13(10,11)7-2/h7H,3-5H2,1-2H3,(H,8,9). The van der Waals surface area contributed by atoms with Gasteiger partial charge in [0.05, 0.1) is 12.4 Å². The summed E-state index contributed by atoms with van der Waals surface area (Å²) in [5.74, 6) is -0.150. The predicted octanol–water partition coefficient (Wildman–Crippen LogP) is -0.718. The zero-order chi connectivity index (χ0) is 10.3. The van der Waals surface area contributed by atoms with Crippen molar-refractivity contribution in [2.24, 2.45) is 0 Å². The molecule has 2 N–H and O–H groups in total. The summed E-state index contributed by atoms with van der Waals surface area (Å²) >= 11 is 0. The number of carbonyl (C=O) groups is 1. The highest BCUT2D eigenvalue weighted by atomic mass is 32.2. The third-order valence-electron chi connectivity index (χ3n) is 1.23. The molecule has 0 saturated carbocycles. The Morgan fingerprint density at radius 2 is 2.08 bits per heavy atom. The van der Waals surface area contributed by atoms with Gasteiger partial charge in [0.25, 0.3) is 0 Å². The molecule has 6 nitrogen and oxygen atoms in total. The van der Waals surface area contributed by atoms with E-state index in [-0.39, 0.29) is 18.9 Å². The zero-order valence-corrected chi connectivity index (χ0v) is 8.48. The number of ether oxygens (including phenoxy) is 1. The number of hydrogen-bond acceptors (Lipinski definition) is 4. The fraction of sp³-hybridized carbons (Fsp3) is 0.833. The molecular formula is C6H14N2O4S. The van der Waals surface area contributed by atoms with E-state index in [2.05, 4.69) is 14.8 Å². The van der Waals surface area contributed by atoms with Crippen LogP contribution in [0.4, 0.5) is 4.79 Å². The molecule has 0 saturated heterocycles. The molecule has 0 aromatic carbocycles. The molecule has 0 atom stereocenters. The maximum Gasteiger partial charge on any atom is 0.407 e. The average Bonchev–Trinajstić information content (AvgIpc) is 2.05. The minimum Gasteiger partial charge on any atom is -0.450 e. The molecule has 0 unspecified atom stereocenters. The molecular weight excluding hydrogens is 196 g/mol. The molecule has 0 aliphatic heterocycles. The Kier molecular flexibility index (Phi) is 5.40. The molecule has 0 spiro atoms. The van der Waals surface area contributed by atoms with Gasteiger partial charge in [0.15, 0.2) is 0 Å². The highest BCUT2D eigenvalue weighted by Gasteiger charge is 2.07. The van der Waals surface area contributed by atoms with Crippen LogP contribution in [0, 0.1) is 0 Å². The molecule has 1 amide bonds. The van der Waals surface area contributed by atoms with Crippen LogP contribution in [-0.4, -0.2) is 40.5 Å². The fourth-order valence-corrected chi connectivity index (χ4v) is 1.15. The Morgan fingerprint density at radius 1 is 1.46 bits per heavy atom. The van der Waals surface area contributed by atoms with Gasteiger partial charge in [-0.15, -0.1) is 0 Å². The summed E-state index contributed by atoms with van der Waals surface area (Å²) in [6, 6.07) is 0. The second-order valence-electron chi connectivity index (χ2n) is 2.17. The van der Waals surface area contributed by atoms with Gasteiger partial charge in [-0.3, -0.25) is 0 Å². The van der Waals surface area contributed by atoms with Gasteiger partial charge < -0.3 is 10.1 Å². The smallest absolute Gasteiger partial charge is 0.407 e. The molecule has 7 heteroatoms. The van der Waals surface area contributed by atoms with Crippen LogP contribution in [0.1, 0.15) is 6.92 Å². The fourth-order valence-electron chi connectivity index (χ4n) is 0.572. The quantitative estimate of drug-likeness (QED) is 0.627. The lowest BCUT2D eigenvalue weighted by atomic mass is 10.7. The number of alkyl carbamates (subject to hydrolysis) is 1. The minimum absolute atomic E-state index is 0.0437. The first-order chi connectivity index (χ1) is 6.02. The van der Waals surface area contributed by atoms with E-state index >= 15 is 0 Å². The lowest BCUT2D eigenvalue weighted by Gasteiger charge is -2.04. The van der Waals surface area contributed by atoms with Crippen LogP contribution in [0.2, 0.25) is 0 Å². The van der Waals surface area contributed by atoms with E-state index in [1.54, 1.807) is 6.92 Å². The molecule has 0 heterocycles. The normalized spacial score (nSPS) is 10.9. The second kappa shape index (κ2) is 5.76. The molecule has 0 rings (SSSR count). The topological polar surface area (TPSA) is 84.5 Å². The largest absolute Gasteiger partial charge is 0.450 e. The molecule has 0 fully saturated rings. The van der Waals surface area contributed by atoms with Crippen molar-refractivity contribution in [1.82, 2.24) is 10.0 Å². The number of carbonyl (C=O) groups excluding carboxylic acids is 1. The van der Waals surface area contributed by atoms with Crippen LogP contribution in [0.25, 0.3) is 0 Å². The average molecular weight is 210 g/mol. The number of hydrogen-bond donors (Lipinski definition) is 2. The summed E-state index contributed by atoms with van der Waals surface area (Å²) in [4.78, 5) is 10.7. The van der Waals surface area contributed by atoms with Gasteiger partial charge in [-0.05, 0) is 14.0 Å². The van der Waals surface area contributed by atoms with Crippen LogP contribution < -0.4 is 10.0 Å². The van der Waals surface area contributed by atoms with E-state index in [0.717, 1.165) is 0 Å². The summed E-state index contributed by atoms with van der Waals surface area (Å²) in [5.41, 5.74) is 0. The van der Waals surface area contributed by atoms with Gasteiger partial charge in [-0.25, -0.2) is 17.9 Å². The van der Waals surface area contributed by atoms with E-state index in [4.69, 9.17) is 0 Å². The van der Waals surface area contributed by atoms with Crippen LogP contribution in [-0.2, 0) is 14.8 Å². The Balaban J connectivity index is 3.62. The Hall–Kier alpha value is -0.820. The van der Waals surface area contributed by atoms with Crippen molar-refractivity contribution >= 4 is 16.1 Å². The van der Waals surface area contributed by atoms with Gasteiger partial charge in [0.1, 0.15) is 0 Å². The third kappa shape index (κ3) is 6.35. The van der Waals surface area contributed by atoms with Crippen molar-refractivity contribution < 1.29 is 17.9 Å². The highest BCUT2D eigenvalue weighted by Crippen LogP contribution is 1.81. The number of amides is 1. The maximum absolute atomic E-state index is 10.8. The molecule has 0 aliphatic rings. The summed E-state index contributed by atoms with van der Waals surface area (Å²) in [5, 5.41) is 2.29. The maximum atomic E-state index is 10.8. The molecule has 0 aromatic heterocycles. The molecule has 13 heavy (non-hydrogen) atoms. The SMILES string of the molecule is CCOC(=O)NCCS(=O)(=O)NC. The monoisotopic (exact) mass is 210 g/mol. The Morgan fingerprint density at radius 3 is 2.54 bits per heavy atom. The highest BCUT2D eigenvalue weighted by molar-refractivity contribution is 7.89. The van der Waals surface area contributed by atoms with Crippen LogP contribution >= 0.6 is 0 Å². The third-order valence-corrected chi connectivity index (χ3v) is 2.59. The molecule has 0 bridgehead atoms. The summed E-state index contributed by atoms with van der Waals surface area (Å²) < 4.78 is 28.3. The summed E-state index contributed by atoms with van der Waals surface area (Å²) in [6.07, 6.45) is -0.603. The molecule has 78 valence electrons. The Labute approximate surface area is 77.7 Å². The van der Waals surface area contributed by atoms with Crippen LogP contribution in [0.5, 0.6) is 0 Å². The minimum atomic E-state index is -3.25. The predicted molar refractivity (Wildman–Crippen MR) is 47.9 cm³/mol. The van der Waals surface area contributed by atoms with Crippen molar-refractivity contribution in [3.8, 4) is 0 Å². The molecule has 0 radical (unpaired) electrons. The zero-order valence-electron chi connectivity index (χ0n) is 7.66.